The molecule has 0 N–H and O–H groups in total. The number of hydrogen-bond donors (Lipinski definition) is 0. The number of nitrogens with zero attached hydrogens (tertiary/aromatic N) is 1. The molecular formula is C29H25NO5. The molecule has 1 aliphatic rings. The van der Waals surface area contributed by atoms with Gasteiger partial charge in [0.05, 0.1) is 17.5 Å². The van der Waals surface area contributed by atoms with Gasteiger partial charge in [-0.3, -0.25) is 9.69 Å². The van der Waals surface area contributed by atoms with Crippen LogP contribution >= 0.6 is 0 Å². The van der Waals surface area contributed by atoms with Gasteiger partial charge in [-0.1, -0.05) is 36.4 Å². The van der Waals surface area contributed by atoms with Crippen molar-refractivity contribution < 1.29 is 23.5 Å². The van der Waals surface area contributed by atoms with E-state index in [0.29, 0.717) is 11.5 Å². The monoisotopic (exact) mass is 467 g/mol. The zero-order valence-corrected chi connectivity index (χ0v) is 19.8. The number of benzene rings is 3. The lowest BCUT2D eigenvalue weighted by Gasteiger charge is -2.41. The number of furan rings is 1. The summed E-state index contributed by atoms with van der Waals surface area (Å²) in [7, 11) is 0. The number of ether oxygens (including phenoxy) is 2. The molecule has 2 heterocycles. The van der Waals surface area contributed by atoms with E-state index in [4.69, 9.17) is 13.9 Å². The molecule has 0 saturated heterocycles. The van der Waals surface area contributed by atoms with Crippen molar-refractivity contribution in [1.82, 2.24) is 0 Å². The number of carbonyl (C=O) groups is 2. The van der Waals surface area contributed by atoms with E-state index in [9.17, 15) is 9.59 Å². The fraction of sp³-hybridized carbons (Fsp3) is 0.172. The van der Waals surface area contributed by atoms with Crippen molar-refractivity contribution in [3.8, 4) is 11.5 Å². The van der Waals surface area contributed by atoms with Crippen LogP contribution in [0.5, 0.6) is 11.5 Å². The molecule has 0 spiro atoms. The average molecular weight is 468 g/mol. The third kappa shape index (κ3) is 4.43. The van der Waals surface area contributed by atoms with Crippen LogP contribution in [0.25, 0.3) is 16.3 Å². The Labute approximate surface area is 203 Å². The fourth-order valence-corrected chi connectivity index (χ4v) is 4.55. The predicted molar refractivity (Wildman–Crippen MR) is 135 cm³/mol. The molecular weight excluding hydrogens is 442 g/mol. The molecule has 1 aliphatic heterocycles. The SMILES string of the molecule is CC1=CC(C)(C)N(C(=O)COc2ccc3ccccc3c2)c2ccc(OC(=O)c3ccco3)cc21. The Hall–Kier alpha value is -4.32. The molecule has 0 unspecified atom stereocenters. The first kappa shape index (κ1) is 22.5. The number of hydrogen-bond acceptors (Lipinski definition) is 5. The number of esters is 1. The fourth-order valence-electron chi connectivity index (χ4n) is 4.55. The average Bonchev–Trinajstić information content (AvgIpc) is 3.38. The van der Waals surface area contributed by atoms with Gasteiger partial charge in [-0.15, -0.1) is 0 Å². The molecule has 3 aromatic carbocycles. The number of fused-ring (bicyclic) bond motifs is 2. The van der Waals surface area contributed by atoms with Crippen LogP contribution in [0.1, 0.15) is 36.9 Å². The molecule has 6 nitrogen and oxygen atoms in total. The molecule has 0 radical (unpaired) electrons. The van der Waals surface area contributed by atoms with E-state index in [2.05, 4.69) is 0 Å². The molecule has 0 saturated carbocycles. The molecule has 4 aromatic rings. The lowest BCUT2D eigenvalue weighted by Crippen LogP contribution is -2.50. The Kier molecular flexibility index (Phi) is 5.65. The zero-order valence-electron chi connectivity index (χ0n) is 19.8. The Bertz CT molecular complexity index is 1450. The van der Waals surface area contributed by atoms with Crippen molar-refractivity contribution in [3.63, 3.8) is 0 Å². The normalized spacial score (nSPS) is 14.3. The number of rotatable bonds is 5. The van der Waals surface area contributed by atoms with Crippen LogP contribution in [0.3, 0.4) is 0 Å². The van der Waals surface area contributed by atoms with Gasteiger partial charge in [0.2, 0.25) is 5.76 Å². The van der Waals surface area contributed by atoms with Gasteiger partial charge in [-0.25, -0.2) is 4.79 Å². The summed E-state index contributed by atoms with van der Waals surface area (Å²) < 4.78 is 16.5. The highest BCUT2D eigenvalue weighted by Crippen LogP contribution is 2.40. The molecule has 176 valence electrons. The van der Waals surface area contributed by atoms with Crippen molar-refractivity contribution in [2.75, 3.05) is 11.5 Å². The summed E-state index contributed by atoms with van der Waals surface area (Å²) in [6.07, 6.45) is 3.45. The molecule has 6 heteroatoms. The second kappa shape index (κ2) is 8.80. The van der Waals surface area contributed by atoms with E-state index in [0.717, 1.165) is 27.6 Å². The van der Waals surface area contributed by atoms with Crippen molar-refractivity contribution in [2.45, 2.75) is 26.3 Å². The minimum atomic E-state index is -0.579. The summed E-state index contributed by atoms with van der Waals surface area (Å²) in [5, 5.41) is 2.16. The van der Waals surface area contributed by atoms with Crippen molar-refractivity contribution >= 4 is 33.9 Å². The summed E-state index contributed by atoms with van der Waals surface area (Å²) in [4.78, 5) is 27.4. The van der Waals surface area contributed by atoms with Gasteiger partial charge >= 0.3 is 5.97 Å². The standard InChI is InChI=1S/C29H25NO5/c1-19-17-29(2,3)30(27(31)18-34-22-11-10-20-7-4-5-8-21(20)15-22)25-13-12-23(16-24(19)25)35-28(32)26-9-6-14-33-26/h4-17H,18H2,1-3H3. The Balaban J connectivity index is 1.38. The minimum absolute atomic E-state index is 0.108. The molecule has 0 aliphatic carbocycles. The van der Waals surface area contributed by atoms with Crippen LogP contribution in [0.2, 0.25) is 0 Å². The second-order valence-electron chi connectivity index (χ2n) is 9.05. The van der Waals surface area contributed by atoms with Crippen LogP contribution in [-0.2, 0) is 4.79 Å². The third-order valence-electron chi connectivity index (χ3n) is 6.05. The molecule has 0 atom stereocenters. The van der Waals surface area contributed by atoms with Gasteiger partial charge in [0.15, 0.2) is 6.61 Å². The molecule has 5 rings (SSSR count). The van der Waals surface area contributed by atoms with E-state index >= 15 is 0 Å². The largest absolute Gasteiger partial charge is 0.484 e. The molecule has 1 aromatic heterocycles. The van der Waals surface area contributed by atoms with E-state index in [1.165, 1.54) is 6.26 Å². The van der Waals surface area contributed by atoms with Crippen LogP contribution in [0.15, 0.2) is 89.6 Å². The number of carbonyl (C=O) groups excluding carboxylic acids is 2. The third-order valence-corrected chi connectivity index (χ3v) is 6.05. The summed E-state index contributed by atoms with van der Waals surface area (Å²) in [6.45, 7) is 5.84. The molecule has 0 fully saturated rings. The second-order valence-corrected chi connectivity index (χ2v) is 9.05. The Morgan fingerprint density at radius 3 is 2.46 bits per heavy atom. The van der Waals surface area contributed by atoms with Crippen LogP contribution in [-0.4, -0.2) is 24.0 Å². The van der Waals surface area contributed by atoms with Crippen LogP contribution in [0, 0.1) is 0 Å². The predicted octanol–water partition coefficient (Wildman–Crippen LogP) is 6.26. The van der Waals surface area contributed by atoms with Crippen molar-refractivity contribution in [2.24, 2.45) is 0 Å². The van der Waals surface area contributed by atoms with Gasteiger partial charge in [-0.2, -0.15) is 0 Å². The first-order chi connectivity index (χ1) is 16.8. The molecule has 0 bridgehead atoms. The zero-order chi connectivity index (χ0) is 24.6. The van der Waals surface area contributed by atoms with E-state index in [-0.39, 0.29) is 18.3 Å². The Morgan fingerprint density at radius 2 is 1.69 bits per heavy atom. The van der Waals surface area contributed by atoms with E-state index in [1.54, 1.807) is 35.2 Å². The van der Waals surface area contributed by atoms with Gasteiger partial charge < -0.3 is 13.9 Å². The van der Waals surface area contributed by atoms with Gasteiger partial charge in [0.1, 0.15) is 11.5 Å². The number of amides is 1. The highest BCUT2D eigenvalue weighted by molar-refractivity contribution is 6.01. The first-order valence-electron chi connectivity index (χ1n) is 11.4. The Morgan fingerprint density at radius 1 is 0.914 bits per heavy atom. The van der Waals surface area contributed by atoms with Gasteiger partial charge in [-0.05, 0) is 79.6 Å². The smallest absolute Gasteiger partial charge is 0.379 e. The van der Waals surface area contributed by atoms with E-state index < -0.39 is 11.5 Å². The van der Waals surface area contributed by atoms with Crippen molar-refractivity contribution in [3.05, 3.63) is 96.5 Å². The summed E-state index contributed by atoms with van der Waals surface area (Å²) >= 11 is 0. The highest BCUT2D eigenvalue weighted by atomic mass is 16.5. The van der Waals surface area contributed by atoms with Crippen molar-refractivity contribution in [1.29, 1.82) is 0 Å². The molecule has 1 amide bonds. The van der Waals surface area contributed by atoms with E-state index in [1.807, 2.05) is 69.3 Å². The molecule has 35 heavy (non-hydrogen) atoms. The lowest BCUT2D eigenvalue weighted by atomic mass is 9.88. The van der Waals surface area contributed by atoms with Crippen LogP contribution in [0.4, 0.5) is 5.69 Å². The van der Waals surface area contributed by atoms with Crippen LogP contribution < -0.4 is 14.4 Å². The maximum Gasteiger partial charge on any atom is 0.379 e. The maximum atomic E-state index is 13.4. The lowest BCUT2D eigenvalue weighted by molar-refractivity contribution is -0.121. The summed E-state index contributed by atoms with van der Waals surface area (Å²) in [5.41, 5.74) is 1.97. The summed E-state index contributed by atoms with van der Waals surface area (Å²) in [5.74, 6) is 0.383. The van der Waals surface area contributed by atoms with Gasteiger partial charge in [0, 0.05) is 5.56 Å². The van der Waals surface area contributed by atoms with Gasteiger partial charge in [0.25, 0.3) is 5.91 Å². The quantitative estimate of drug-likeness (QED) is 0.256. The number of allylic oxidation sites excluding steroid dienone is 1. The maximum absolute atomic E-state index is 13.4. The minimum Gasteiger partial charge on any atom is -0.484 e. The highest BCUT2D eigenvalue weighted by Gasteiger charge is 2.36. The first-order valence-corrected chi connectivity index (χ1v) is 11.4. The summed E-state index contributed by atoms with van der Waals surface area (Å²) in [6, 6.07) is 22.2. The number of anilines is 1. The topological polar surface area (TPSA) is 69.0 Å².